The largest absolute Gasteiger partial charge is 0.317 e. The zero-order valence-electron chi connectivity index (χ0n) is 8.14. The quantitative estimate of drug-likeness (QED) is 0.568. The molecule has 0 saturated carbocycles. The van der Waals surface area contributed by atoms with E-state index in [1.54, 1.807) is 17.4 Å². The number of hydrogen-bond acceptors (Lipinski definition) is 2. The van der Waals surface area contributed by atoms with Gasteiger partial charge in [0.05, 0.1) is 5.00 Å². The van der Waals surface area contributed by atoms with Gasteiger partial charge >= 0.3 is 6.41 Å². The van der Waals surface area contributed by atoms with Gasteiger partial charge in [-0.2, -0.15) is 0 Å². The van der Waals surface area contributed by atoms with Crippen molar-refractivity contribution in [1.29, 1.82) is 0 Å². The van der Waals surface area contributed by atoms with Crippen LogP contribution in [-0.2, 0) is 4.79 Å². The Morgan fingerprint density at radius 1 is 1.47 bits per heavy atom. The lowest BCUT2D eigenvalue weighted by Gasteiger charge is -2.09. The molecular formula is C12H10NOS. The van der Waals surface area contributed by atoms with Crippen molar-refractivity contribution >= 4 is 32.8 Å². The van der Waals surface area contributed by atoms with E-state index in [2.05, 4.69) is 6.58 Å². The Labute approximate surface area is 92.4 Å². The van der Waals surface area contributed by atoms with Crippen LogP contribution < -0.4 is 4.90 Å². The molecule has 0 fully saturated rings. The number of nitrogens with zero attached hydrogens (tertiary/aromatic N) is 1. The number of rotatable bonds is 4. The zero-order valence-corrected chi connectivity index (χ0v) is 8.96. The maximum absolute atomic E-state index is 10.7. The number of fused-ring (bicyclic) bond motifs is 1. The highest BCUT2D eigenvalue weighted by molar-refractivity contribution is 7.22. The van der Waals surface area contributed by atoms with Crippen LogP contribution in [0.15, 0.2) is 43.0 Å². The molecule has 1 amide bonds. The Morgan fingerprint density at radius 2 is 2.27 bits per heavy atom. The summed E-state index contributed by atoms with van der Waals surface area (Å²) in [6.07, 6.45) is 3.59. The predicted molar refractivity (Wildman–Crippen MR) is 65.1 cm³/mol. The lowest BCUT2D eigenvalue weighted by Crippen LogP contribution is -2.19. The van der Waals surface area contributed by atoms with Crippen molar-refractivity contribution in [2.75, 3.05) is 11.4 Å². The molecule has 0 saturated heterocycles. The van der Waals surface area contributed by atoms with Gasteiger partial charge in [-0.3, -0.25) is 9.69 Å². The van der Waals surface area contributed by atoms with E-state index in [9.17, 15) is 4.79 Å². The van der Waals surface area contributed by atoms with Crippen LogP contribution in [0, 0.1) is 0 Å². The van der Waals surface area contributed by atoms with Gasteiger partial charge < -0.3 is 0 Å². The molecular weight excluding hydrogens is 206 g/mol. The third-order valence-electron chi connectivity index (χ3n) is 2.10. The van der Waals surface area contributed by atoms with E-state index in [-0.39, 0.29) is 0 Å². The van der Waals surface area contributed by atoms with Crippen molar-refractivity contribution in [3.63, 3.8) is 0 Å². The number of carbonyl (C=O) groups excluding carboxylic acids is 1. The van der Waals surface area contributed by atoms with E-state index in [1.807, 2.05) is 36.7 Å². The van der Waals surface area contributed by atoms with Crippen molar-refractivity contribution in [2.24, 2.45) is 0 Å². The lowest BCUT2D eigenvalue weighted by molar-refractivity contribution is 0.553. The maximum atomic E-state index is 10.7. The topological polar surface area (TPSA) is 20.3 Å². The third kappa shape index (κ3) is 1.92. The highest BCUT2D eigenvalue weighted by atomic mass is 32.1. The Kier molecular flexibility index (Phi) is 2.83. The van der Waals surface area contributed by atoms with Gasteiger partial charge in [-0.05, 0) is 17.5 Å². The summed E-state index contributed by atoms with van der Waals surface area (Å²) in [4.78, 5) is 12.3. The average Bonchev–Trinajstić information content (AvgIpc) is 2.69. The molecule has 0 unspecified atom stereocenters. The minimum Gasteiger partial charge on any atom is -0.292 e. The van der Waals surface area contributed by atoms with Crippen molar-refractivity contribution in [1.82, 2.24) is 0 Å². The number of thiophene rings is 1. The second-order valence-corrected chi connectivity index (χ2v) is 4.18. The van der Waals surface area contributed by atoms with Gasteiger partial charge in [-0.15, -0.1) is 17.9 Å². The van der Waals surface area contributed by atoms with Crippen molar-refractivity contribution in [3.8, 4) is 0 Å². The molecule has 0 aliphatic heterocycles. The third-order valence-corrected chi connectivity index (χ3v) is 3.24. The average molecular weight is 216 g/mol. The molecule has 0 aliphatic rings. The Morgan fingerprint density at radius 3 is 2.93 bits per heavy atom. The van der Waals surface area contributed by atoms with Gasteiger partial charge in [0.15, 0.2) is 0 Å². The summed E-state index contributed by atoms with van der Waals surface area (Å²) in [5, 5.41) is 2.06. The summed E-state index contributed by atoms with van der Waals surface area (Å²) in [6, 6.07) is 10.0. The Balaban J connectivity index is 2.42. The van der Waals surface area contributed by atoms with Crippen LogP contribution >= 0.6 is 11.3 Å². The Bertz CT molecular complexity index is 456. The monoisotopic (exact) mass is 216 g/mol. The summed E-state index contributed by atoms with van der Waals surface area (Å²) in [6.45, 7) is 4.11. The van der Waals surface area contributed by atoms with Crippen LogP contribution in [0.3, 0.4) is 0 Å². The standard InChI is InChI=1S/C12H10NOS/c1-2-7-13(9-14)12-8-10-5-3-4-6-11(10)15-12/h2-6,8H,1,7H2. The van der Waals surface area contributed by atoms with E-state index in [0.29, 0.717) is 6.54 Å². The molecule has 3 heteroatoms. The number of benzene rings is 1. The normalized spacial score (nSPS) is 10.1. The highest BCUT2D eigenvalue weighted by Gasteiger charge is 2.08. The van der Waals surface area contributed by atoms with E-state index < -0.39 is 0 Å². The summed E-state index contributed by atoms with van der Waals surface area (Å²) in [5.74, 6) is 0. The molecule has 75 valence electrons. The summed E-state index contributed by atoms with van der Waals surface area (Å²) in [5.41, 5.74) is 0. The summed E-state index contributed by atoms with van der Waals surface area (Å²) < 4.78 is 1.18. The second kappa shape index (κ2) is 4.28. The fourth-order valence-electron chi connectivity index (χ4n) is 1.40. The second-order valence-electron chi connectivity index (χ2n) is 3.11. The number of anilines is 1. The van der Waals surface area contributed by atoms with E-state index in [4.69, 9.17) is 0 Å². The molecule has 0 spiro atoms. The van der Waals surface area contributed by atoms with E-state index in [1.165, 1.54) is 9.60 Å². The fraction of sp³-hybridized carbons (Fsp3) is 0.0833. The van der Waals surface area contributed by atoms with E-state index in [0.717, 1.165) is 10.4 Å². The fourth-order valence-corrected chi connectivity index (χ4v) is 2.43. The summed E-state index contributed by atoms with van der Waals surface area (Å²) in [7, 11) is 0. The Hall–Kier alpha value is -1.61. The molecule has 0 bridgehead atoms. The van der Waals surface area contributed by atoms with Crippen LogP contribution in [0.2, 0.25) is 0 Å². The molecule has 1 radical (unpaired) electrons. The van der Waals surface area contributed by atoms with Gasteiger partial charge in [-0.1, -0.05) is 24.3 Å². The molecule has 0 aliphatic carbocycles. The number of amides is 1. The van der Waals surface area contributed by atoms with Crippen LogP contribution in [-0.4, -0.2) is 13.0 Å². The first-order valence-electron chi connectivity index (χ1n) is 4.60. The van der Waals surface area contributed by atoms with E-state index >= 15 is 0 Å². The van der Waals surface area contributed by atoms with Gasteiger partial charge in [0, 0.05) is 11.2 Å². The predicted octanol–water partition coefficient (Wildman–Crippen LogP) is 2.96. The van der Waals surface area contributed by atoms with Crippen LogP contribution in [0.1, 0.15) is 0 Å². The van der Waals surface area contributed by atoms with Crippen LogP contribution in [0.5, 0.6) is 0 Å². The zero-order chi connectivity index (χ0) is 10.7. The molecule has 1 aromatic carbocycles. The molecule has 0 N–H and O–H groups in total. The van der Waals surface area contributed by atoms with Gasteiger partial charge in [0.1, 0.15) is 0 Å². The minimum atomic E-state index is 0.496. The highest BCUT2D eigenvalue weighted by Crippen LogP contribution is 2.31. The molecule has 2 rings (SSSR count). The molecule has 0 atom stereocenters. The van der Waals surface area contributed by atoms with Crippen molar-refractivity contribution in [2.45, 2.75) is 0 Å². The smallest absolute Gasteiger partial charge is 0.292 e. The summed E-state index contributed by atoms with van der Waals surface area (Å²) >= 11 is 1.59. The molecule has 15 heavy (non-hydrogen) atoms. The van der Waals surface area contributed by atoms with Gasteiger partial charge in [0.2, 0.25) is 0 Å². The lowest BCUT2D eigenvalue weighted by atomic mass is 10.3. The van der Waals surface area contributed by atoms with Crippen molar-refractivity contribution < 1.29 is 4.79 Å². The van der Waals surface area contributed by atoms with Gasteiger partial charge in [-0.25, -0.2) is 0 Å². The van der Waals surface area contributed by atoms with Crippen LogP contribution in [0.4, 0.5) is 5.00 Å². The molecule has 1 aromatic heterocycles. The minimum absolute atomic E-state index is 0.496. The first-order valence-corrected chi connectivity index (χ1v) is 5.41. The molecule has 2 nitrogen and oxygen atoms in total. The SMILES string of the molecule is C=CCN([C]=O)c1cc2ccccc2s1. The maximum Gasteiger partial charge on any atom is 0.317 e. The van der Waals surface area contributed by atoms with Gasteiger partial charge in [0.25, 0.3) is 0 Å². The first-order chi connectivity index (χ1) is 7.35. The van der Waals surface area contributed by atoms with Crippen LogP contribution in [0.25, 0.3) is 10.1 Å². The van der Waals surface area contributed by atoms with Crippen molar-refractivity contribution in [3.05, 3.63) is 43.0 Å². The number of hydrogen-bond donors (Lipinski definition) is 0. The molecule has 1 heterocycles. The first kappa shape index (κ1) is 9.93. The molecule has 2 aromatic rings.